The van der Waals surface area contributed by atoms with Crippen molar-refractivity contribution in [1.29, 1.82) is 0 Å². The third-order valence-corrected chi connectivity index (χ3v) is 8.46. The van der Waals surface area contributed by atoms with Crippen LogP contribution in [0.4, 0.5) is 29.2 Å². The summed E-state index contributed by atoms with van der Waals surface area (Å²) in [5.74, 6) is 0.0813. The van der Waals surface area contributed by atoms with Crippen LogP contribution in [0.1, 0.15) is 49.0 Å². The molecule has 1 amide bonds. The van der Waals surface area contributed by atoms with Gasteiger partial charge in [-0.15, -0.1) is 0 Å². The molecule has 45 heavy (non-hydrogen) atoms. The van der Waals surface area contributed by atoms with Crippen LogP contribution in [0.5, 0.6) is 0 Å². The minimum absolute atomic E-state index is 0.0302. The highest BCUT2D eigenvalue weighted by Crippen LogP contribution is 2.34. The van der Waals surface area contributed by atoms with Gasteiger partial charge in [-0.1, -0.05) is 32.0 Å². The van der Waals surface area contributed by atoms with Gasteiger partial charge in [-0.05, 0) is 37.0 Å². The number of benzene rings is 1. The van der Waals surface area contributed by atoms with E-state index >= 15 is 0 Å². The van der Waals surface area contributed by atoms with Crippen LogP contribution in [0.3, 0.4) is 0 Å². The zero-order valence-electron chi connectivity index (χ0n) is 25.4. The van der Waals surface area contributed by atoms with E-state index in [0.29, 0.717) is 60.7 Å². The van der Waals surface area contributed by atoms with Gasteiger partial charge in [0.2, 0.25) is 0 Å². The average Bonchev–Trinajstić information content (AvgIpc) is 3.03. The highest BCUT2D eigenvalue weighted by Gasteiger charge is 2.33. The number of amides is 1. The van der Waals surface area contributed by atoms with Gasteiger partial charge in [-0.25, -0.2) is 19.3 Å². The Hall–Kier alpha value is -4.39. The first-order valence-electron chi connectivity index (χ1n) is 14.9. The molecule has 0 spiro atoms. The maximum atomic E-state index is 14.6. The zero-order valence-corrected chi connectivity index (χ0v) is 25.4. The number of nitrogens with one attached hydrogen (secondary N) is 3. The lowest BCUT2D eigenvalue weighted by Gasteiger charge is -2.32. The lowest BCUT2D eigenvalue weighted by Crippen LogP contribution is -2.43. The first-order chi connectivity index (χ1) is 21.5. The fourth-order valence-corrected chi connectivity index (χ4v) is 5.68. The van der Waals surface area contributed by atoms with Crippen molar-refractivity contribution in [3.05, 3.63) is 72.1 Å². The second kappa shape index (κ2) is 13.3. The Kier molecular flexibility index (Phi) is 9.47. The van der Waals surface area contributed by atoms with Crippen LogP contribution < -0.4 is 16.0 Å². The molecule has 1 atom stereocenters. The van der Waals surface area contributed by atoms with E-state index in [1.807, 2.05) is 30.3 Å². The third-order valence-electron chi connectivity index (χ3n) is 8.46. The SMILES string of the molecule is CCC(C)(CNc1cc(-c2ccc(NC3CCN(CC(F)(F)F)CC3)nc2)ncn1)c1cccc2c(C(=O)NC)c(F)cnc12. The highest BCUT2D eigenvalue weighted by atomic mass is 19.4. The molecule has 9 nitrogen and oxygen atoms in total. The molecule has 238 valence electrons. The van der Waals surface area contributed by atoms with Gasteiger partial charge in [0.05, 0.1) is 29.5 Å². The molecule has 4 heterocycles. The number of alkyl halides is 3. The molecular weight excluding hydrogens is 588 g/mol. The molecule has 3 aromatic heterocycles. The normalized spacial score (nSPS) is 15.9. The highest BCUT2D eigenvalue weighted by molar-refractivity contribution is 6.06. The summed E-state index contributed by atoms with van der Waals surface area (Å²) >= 11 is 0. The van der Waals surface area contributed by atoms with Crippen molar-refractivity contribution in [3.63, 3.8) is 0 Å². The number of likely N-dealkylation sites (tertiary alicyclic amines) is 1. The number of hydrogen-bond donors (Lipinski definition) is 3. The number of carbonyl (C=O) groups excluding carboxylic acids is 1. The van der Waals surface area contributed by atoms with E-state index in [-0.39, 0.29) is 11.6 Å². The number of nitrogens with zero attached hydrogens (tertiary/aromatic N) is 5. The summed E-state index contributed by atoms with van der Waals surface area (Å²) in [7, 11) is 1.47. The quantitative estimate of drug-likeness (QED) is 0.190. The monoisotopic (exact) mass is 624 g/mol. The van der Waals surface area contributed by atoms with Crippen molar-refractivity contribution in [1.82, 2.24) is 30.2 Å². The molecule has 0 aliphatic carbocycles. The van der Waals surface area contributed by atoms with Gasteiger partial charge in [0.25, 0.3) is 5.91 Å². The molecule has 1 saturated heterocycles. The van der Waals surface area contributed by atoms with E-state index in [2.05, 4.69) is 49.7 Å². The lowest BCUT2D eigenvalue weighted by atomic mass is 9.78. The Morgan fingerprint density at radius 2 is 1.80 bits per heavy atom. The number of para-hydroxylation sites is 1. The van der Waals surface area contributed by atoms with Gasteiger partial charge < -0.3 is 16.0 Å². The van der Waals surface area contributed by atoms with Gasteiger partial charge in [-0.2, -0.15) is 13.2 Å². The smallest absolute Gasteiger partial charge is 0.369 e. The molecule has 1 aromatic carbocycles. The van der Waals surface area contributed by atoms with Crippen LogP contribution in [0.2, 0.25) is 0 Å². The Balaban J connectivity index is 1.26. The number of halogens is 4. The predicted molar refractivity (Wildman–Crippen MR) is 166 cm³/mol. The fourth-order valence-electron chi connectivity index (χ4n) is 5.68. The predicted octanol–water partition coefficient (Wildman–Crippen LogP) is 5.80. The van der Waals surface area contributed by atoms with Crippen LogP contribution in [-0.4, -0.2) is 76.2 Å². The number of pyridine rings is 2. The molecule has 0 bridgehead atoms. The third kappa shape index (κ3) is 7.47. The first-order valence-corrected chi connectivity index (χ1v) is 14.9. The van der Waals surface area contributed by atoms with Crippen LogP contribution in [0.25, 0.3) is 22.2 Å². The van der Waals surface area contributed by atoms with E-state index in [1.54, 1.807) is 12.3 Å². The number of rotatable bonds is 10. The molecule has 1 aliphatic heterocycles. The fraction of sp³-hybridized carbons (Fsp3) is 0.406. The van der Waals surface area contributed by atoms with Gasteiger partial charge in [0.1, 0.15) is 18.0 Å². The topological polar surface area (TPSA) is 108 Å². The van der Waals surface area contributed by atoms with Crippen molar-refractivity contribution in [3.8, 4) is 11.3 Å². The summed E-state index contributed by atoms with van der Waals surface area (Å²) in [6.07, 6.45) is 2.03. The van der Waals surface area contributed by atoms with E-state index < -0.39 is 29.9 Å². The molecule has 0 radical (unpaired) electrons. The summed E-state index contributed by atoms with van der Waals surface area (Å²) < 4.78 is 52.6. The van der Waals surface area contributed by atoms with E-state index in [4.69, 9.17) is 0 Å². The van der Waals surface area contributed by atoms with Crippen molar-refractivity contribution in [2.24, 2.45) is 0 Å². The van der Waals surface area contributed by atoms with E-state index in [0.717, 1.165) is 23.7 Å². The summed E-state index contributed by atoms with van der Waals surface area (Å²) in [5.41, 5.74) is 2.44. The van der Waals surface area contributed by atoms with Crippen molar-refractivity contribution >= 4 is 28.4 Å². The van der Waals surface area contributed by atoms with Crippen molar-refractivity contribution in [2.75, 3.05) is 43.9 Å². The number of hydrogen-bond acceptors (Lipinski definition) is 8. The number of fused-ring (bicyclic) bond motifs is 1. The standard InChI is InChI=1S/C32H36F4N8O/c1-4-31(2,23-7-5-6-22-28(30(45)37-3)24(33)16-39-29(22)23)17-40-27-14-25(41-19-42-27)20-8-9-26(38-15-20)43-21-10-12-44(13-11-21)18-32(34,35)36/h5-9,14-16,19,21H,4,10-13,17-18H2,1-3H3,(H,37,45)(H,38,43)(H,40,41,42). The lowest BCUT2D eigenvalue weighted by molar-refractivity contribution is -0.147. The Bertz CT molecular complexity index is 1640. The molecule has 0 saturated carbocycles. The van der Waals surface area contributed by atoms with Crippen LogP contribution >= 0.6 is 0 Å². The largest absolute Gasteiger partial charge is 0.401 e. The minimum Gasteiger partial charge on any atom is -0.369 e. The number of aromatic nitrogens is 4. The second-order valence-corrected chi connectivity index (χ2v) is 11.6. The summed E-state index contributed by atoms with van der Waals surface area (Å²) in [6, 6.07) is 11.1. The minimum atomic E-state index is -4.18. The van der Waals surface area contributed by atoms with Crippen LogP contribution in [0.15, 0.2) is 55.1 Å². The van der Waals surface area contributed by atoms with Crippen LogP contribution in [0, 0.1) is 5.82 Å². The maximum absolute atomic E-state index is 14.6. The Morgan fingerprint density at radius 3 is 2.47 bits per heavy atom. The average molecular weight is 625 g/mol. The number of piperidine rings is 1. The zero-order chi connectivity index (χ0) is 32.2. The molecule has 5 rings (SSSR count). The molecule has 3 N–H and O–H groups in total. The van der Waals surface area contributed by atoms with Gasteiger partial charge in [-0.3, -0.25) is 14.7 Å². The Morgan fingerprint density at radius 1 is 1.02 bits per heavy atom. The van der Waals surface area contributed by atoms with E-state index in [1.165, 1.54) is 18.3 Å². The summed E-state index contributed by atoms with van der Waals surface area (Å²) in [5, 5.41) is 9.70. The van der Waals surface area contributed by atoms with Gasteiger partial charge in [0.15, 0.2) is 5.82 Å². The molecular formula is C32H36F4N8O. The van der Waals surface area contributed by atoms with Crippen molar-refractivity contribution < 1.29 is 22.4 Å². The van der Waals surface area contributed by atoms with Crippen LogP contribution in [-0.2, 0) is 5.41 Å². The van der Waals surface area contributed by atoms with E-state index in [9.17, 15) is 22.4 Å². The Labute approximate surface area is 258 Å². The second-order valence-electron chi connectivity index (χ2n) is 11.6. The molecule has 1 fully saturated rings. The number of anilines is 2. The molecule has 4 aromatic rings. The van der Waals surface area contributed by atoms with Gasteiger partial charge >= 0.3 is 6.18 Å². The summed E-state index contributed by atoms with van der Waals surface area (Å²) in [4.78, 5) is 31.6. The van der Waals surface area contributed by atoms with Gasteiger partial charge in [0, 0.05) is 61.4 Å². The number of carbonyl (C=O) groups is 1. The molecule has 1 aliphatic rings. The molecule has 13 heteroatoms. The van der Waals surface area contributed by atoms with Crippen molar-refractivity contribution in [2.45, 2.75) is 50.7 Å². The first kappa shape index (κ1) is 32.0. The maximum Gasteiger partial charge on any atom is 0.401 e. The molecule has 1 unspecified atom stereocenters. The summed E-state index contributed by atoms with van der Waals surface area (Å²) in [6.45, 7) is 4.52.